The molecule has 1 unspecified atom stereocenters. The molecule has 4 N–H and O–H groups in total. The Labute approximate surface area is 117 Å². The van der Waals surface area contributed by atoms with Gasteiger partial charge in [-0.25, -0.2) is 0 Å². The summed E-state index contributed by atoms with van der Waals surface area (Å²) in [5.41, 5.74) is 14.7. The molecule has 3 rings (SSSR count). The molecule has 2 aliphatic rings. The lowest BCUT2D eigenvalue weighted by Crippen LogP contribution is -2.26. The second-order valence-electron chi connectivity index (χ2n) is 5.17. The summed E-state index contributed by atoms with van der Waals surface area (Å²) in [7, 11) is 0. The van der Waals surface area contributed by atoms with Gasteiger partial charge in [-0.05, 0) is 42.0 Å². The van der Waals surface area contributed by atoms with E-state index in [1.807, 2.05) is 24.3 Å². The van der Waals surface area contributed by atoms with Gasteiger partial charge in [0.1, 0.15) is 0 Å². The summed E-state index contributed by atoms with van der Waals surface area (Å²) >= 11 is 0. The zero-order valence-corrected chi connectivity index (χ0v) is 11.2. The molecule has 0 heterocycles. The Kier molecular flexibility index (Phi) is 3.14. The smallest absolute Gasteiger partial charge is 0.280 e. The number of allylic oxidation sites excluding steroid dienone is 1. The minimum atomic E-state index is -0.349. The zero-order chi connectivity index (χ0) is 14.1. The first-order chi connectivity index (χ1) is 9.66. The van der Waals surface area contributed by atoms with Gasteiger partial charge in [0.2, 0.25) is 0 Å². The third kappa shape index (κ3) is 2.13. The van der Waals surface area contributed by atoms with E-state index in [0.717, 1.165) is 30.4 Å². The van der Waals surface area contributed by atoms with E-state index < -0.39 is 0 Å². The number of hydrogen-bond donors (Lipinski definition) is 2. The van der Waals surface area contributed by atoms with Crippen LogP contribution in [0, 0.1) is 0 Å². The van der Waals surface area contributed by atoms with Crippen molar-refractivity contribution in [1.82, 2.24) is 0 Å². The summed E-state index contributed by atoms with van der Waals surface area (Å²) in [5.74, 6) is -0.251. The number of carbonyl (C=O) groups is 1. The number of benzene rings is 1. The van der Waals surface area contributed by atoms with Crippen LogP contribution in [0.4, 0.5) is 0 Å². The fourth-order valence-corrected chi connectivity index (χ4v) is 3.06. The molecule has 0 bridgehead atoms. The SMILES string of the molecule is NC(N)=NC(=O)C1=Cc2ccccc2C2CCCC=C12. The predicted octanol–water partition coefficient (Wildman–Crippen LogP) is 2.08. The molecule has 1 amide bonds. The normalized spacial score (nSPS) is 20.1. The lowest BCUT2D eigenvalue weighted by molar-refractivity contribution is -0.114. The highest BCUT2D eigenvalue weighted by atomic mass is 16.1. The number of nitrogens with zero attached hydrogens (tertiary/aromatic N) is 1. The average molecular weight is 267 g/mol. The van der Waals surface area contributed by atoms with Gasteiger partial charge in [-0.3, -0.25) is 4.79 Å². The maximum atomic E-state index is 12.2. The van der Waals surface area contributed by atoms with Crippen LogP contribution in [-0.4, -0.2) is 11.9 Å². The Morgan fingerprint density at radius 3 is 2.85 bits per heavy atom. The molecule has 0 radical (unpaired) electrons. The highest BCUT2D eigenvalue weighted by Crippen LogP contribution is 2.43. The topological polar surface area (TPSA) is 81.5 Å². The summed E-state index contributed by atoms with van der Waals surface area (Å²) in [6.07, 6.45) is 7.26. The van der Waals surface area contributed by atoms with Crippen LogP contribution in [0.2, 0.25) is 0 Å². The average Bonchev–Trinajstić information content (AvgIpc) is 2.45. The van der Waals surface area contributed by atoms with E-state index >= 15 is 0 Å². The van der Waals surface area contributed by atoms with Crippen molar-refractivity contribution in [1.29, 1.82) is 0 Å². The molecule has 2 aliphatic carbocycles. The summed E-state index contributed by atoms with van der Waals surface area (Å²) in [6.45, 7) is 0. The number of carbonyl (C=O) groups excluding carboxylic acids is 1. The Bertz CT molecular complexity index is 651. The van der Waals surface area contributed by atoms with E-state index in [-0.39, 0.29) is 17.8 Å². The Hall–Kier alpha value is -2.36. The summed E-state index contributed by atoms with van der Waals surface area (Å²) in [4.78, 5) is 15.9. The highest BCUT2D eigenvalue weighted by Gasteiger charge is 2.30. The van der Waals surface area contributed by atoms with Crippen molar-refractivity contribution in [3.63, 3.8) is 0 Å². The summed E-state index contributed by atoms with van der Waals surface area (Å²) in [5, 5.41) is 0. The van der Waals surface area contributed by atoms with Gasteiger partial charge < -0.3 is 11.5 Å². The first-order valence-electron chi connectivity index (χ1n) is 6.82. The molecule has 4 nitrogen and oxygen atoms in total. The number of rotatable bonds is 1. The molecular weight excluding hydrogens is 250 g/mol. The number of fused-ring (bicyclic) bond motifs is 3. The van der Waals surface area contributed by atoms with Crippen molar-refractivity contribution in [3.05, 3.63) is 52.6 Å². The van der Waals surface area contributed by atoms with Crippen molar-refractivity contribution >= 4 is 17.9 Å². The van der Waals surface area contributed by atoms with Crippen LogP contribution in [0.25, 0.3) is 6.08 Å². The molecule has 102 valence electrons. The van der Waals surface area contributed by atoms with E-state index in [1.54, 1.807) is 0 Å². The van der Waals surface area contributed by atoms with Crippen molar-refractivity contribution in [3.8, 4) is 0 Å². The largest absolute Gasteiger partial charge is 0.370 e. The van der Waals surface area contributed by atoms with Crippen LogP contribution in [-0.2, 0) is 4.79 Å². The van der Waals surface area contributed by atoms with Gasteiger partial charge in [-0.15, -0.1) is 0 Å². The molecule has 1 atom stereocenters. The molecule has 1 aromatic carbocycles. The molecule has 1 aromatic rings. The molecule has 0 aliphatic heterocycles. The minimum Gasteiger partial charge on any atom is -0.370 e. The Morgan fingerprint density at radius 2 is 2.05 bits per heavy atom. The van der Waals surface area contributed by atoms with Gasteiger partial charge >= 0.3 is 0 Å². The van der Waals surface area contributed by atoms with E-state index in [9.17, 15) is 4.79 Å². The minimum absolute atomic E-state index is 0.192. The monoisotopic (exact) mass is 267 g/mol. The number of hydrogen-bond acceptors (Lipinski definition) is 1. The van der Waals surface area contributed by atoms with Crippen LogP contribution < -0.4 is 11.5 Å². The Morgan fingerprint density at radius 1 is 1.25 bits per heavy atom. The van der Waals surface area contributed by atoms with Crippen molar-refractivity contribution in [2.45, 2.75) is 25.2 Å². The quantitative estimate of drug-likeness (QED) is 0.603. The van der Waals surface area contributed by atoms with Gasteiger partial charge in [-0.1, -0.05) is 30.3 Å². The van der Waals surface area contributed by atoms with Crippen LogP contribution in [0.3, 0.4) is 0 Å². The van der Waals surface area contributed by atoms with E-state index in [0.29, 0.717) is 5.57 Å². The third-order valence-electron chi connectivity index (χ3n) is 3.88. The molecule has 0 saturated heterocycles. The molecule has 0 spiro atoms. The first-order valence-corrected chi connectivity index (χ1v) is 6.82. The molecule has 20 heavy (non-hydrogen) atoms. The third-order valence-corrected chi connectivity index (χ3v) is 3.88. The van der Waals surface area contributed by atoms with Crippen molar-refractivity contribution < 1.29 is 4.79 Å². The second kappa shape index (κ2) is 4.96. The molecule has 4 heteroatoms. The van der Waals surface area contributed by atoms with E-state index in [2.05, 4.69) is 17.1 Å². The maximum Gasteiger partial charge on any atom is 0.280 e. The van der Waals surface area contributed by atoms with E-state index in [1.165, 1.54) is 5.56 Å². The molecular formula is C16H17N3O. The lowest BCUT2D eigenvalue weighted by atomic mass is 9.73. The van der Waals surface area contributed by atoms with Gasteiger partial charge in [-0.2, -0.15) is 4.99 Å². The lowest BCUT2D eigenvalue weighted by Gasteiger charge is -2.30. The zero-order valence-electron chi connectivity index (χ0n) is 11.2. The predicted molar refractivity (Wildman–Crippen MR) is 79.9 cm³/mol. The highest BCUT2D eigenvalue weighted by molar-refractivity contribution is 6.08. The molecule has 0 saturated carbocycles. The van der Waals surface area contributed by atoms with Gasteiger partial charge in [0.25, 0.3) is 5.91 Å². The van der Waals surface area contributed by atoms with Crippen LogP contribution in [0.15, 0.2) is 46.5 Å². The number of aliphatic imine (C=N–C) groups is 1. The fourth-order valence-electron chi connectivity index (χ4n) is 3.06. The van der Waals surface area contributed by atoms with Crippen molar-refractivity contribution in [2.24, 2.45) is 16.5 Å². The fraction of sp³-hybridized carbons (Fsp3) is 0.250. The molecule has 0 fully saturated rings. The van der Waals surface area contributed by atoms with Crippen LogP contribution >= 0.6 is 0 Å². The van der Waals surface area contributed by atoms with Crippen molar-refractivity contribution in [2.75, 3.05) is 0 Å². The first kappa shape index (κ1) is 12.7. The second-order valence-corrected chi connectivity index (χ2v) is 5.17. The standard InChI is InChI=1S/C16H17N3O/c17-16(18)19-15(20)14-9-10-5-1-2-6-11(10)12-7-3-4-8-13(12)14/h1-2,5-6,8-9,12H,3-4,7H2,(H4,17,18,19,20). The van der Waals surface area contributed by atoms with Gasteiger partial charge in [0.15, 0.2) is 5.96 Å². The number of guanidine groups is 1. The summed E-state index contributed by atoms with van der Waals surface area (Å²) in [6, 6.07) is 8.19. The van der Waals surface area contributed by atoms with Gasteiger partial charge in [0.05, 0.1) is 0 Å². The number of nitrogens with two attached hydrogens (primary N) is 2. The van der Waals surface area contributed by atoms with Crippen LogP contribution in [0.5, 0.6) is 0 Å². The van der Waals surface area contributed by atoms with Crippen LogP contribution in [0.1, 0.15) is 36.3 Å². The Balaban J connectivity index is 2.13. The summed E-state index contributed by atoms with van der Waals surface area (Å²) < 4.78 is 0. The van der Waals surface area contributed by atoms with Gasteiger partial charge in [0, 0.05) is 11.5 Å². The molecule has 0 aromatic heterocycles. The maximum absolute atomic E-state index is 12.2. The number of amides is 1. The van der Waals surface area contributed by atoms with E-state index in [4.69, 9.17) is 11.5 Å².